The van der Waals surface area contributed by atoms with Crippen molar-refractivity contribution in [3.8, 4) is 5.75 Å². The second-order valence-corrected chi connectivity index (χ2v) is 19.0. The second kappa shape index (κ2) is 17.8. The maximum absolute atomic E-state index is 15.4. The van der Waals surface area contributed by atoms with Crippen LogP contribution in [0, 0.1) is 5.82 Å². The minimum atomic E-state index is -3.46. The lowest BCUT2D eigenvalue weighted by molar-refractivity contribution is -0.138. The summed E-state index contributed by atoms with van der Waals surface area (Å²) in [5.74, 6) is -2.26. The molecule has 3 amide bonds. The van der Waals surface area contributed by atoms with E-state index in [2.05, 4.69) is 15.6 Å². The molecule has 1 heterocycles. The van der Waals surface area contributed by atoms with Crippen LogP contribution in [0.2, 0.25) is 0 Å². The quantitative estimate of drug-likeness (QED) is 0.111. The van der Waals surface area contributed by atoms with E-state index in [0.29, 0.717) is 52.4 Å². The van der Waals surface area contributed by atoms with E-state index in [1.807, 2.05) is 19.0 Å². The van der Waals surface area contributed by atoms with Gasteiger partial charge in [0, 0.05) is 35.1 Å². The number of aromatic nitrogens is 1. The van der Waals surface area contributed by atoms with Crippen LogP contribution in [0.5, 0.6) is 5.75 Å². The van der Waals surface area contributed by atoms with Crippen LogP contribution in [-0.2, 0) is 41.9 Å². The van der Waals surface area contributed by atoms with Crippen molar-refractivity contribution in [3.05, 3.63) is 83.3 Å². The minimum absolute atomic E-state index is 0.0138. The standard InChI is InChI=1S/C43H52FN5O10S/c1-42(2,3)58-40(53)49(41(54)59-43(4,5)6)38-31-16-12-29(22-32(31)33(44)23-45-38)47-37(39(51)52)26-10-17-34(57-9)25(20-26)11-19-36(50)46-28-13-18-35(27(21-28)24-48(7)8)60(55,56)30-14-15-30/h10,12-13,16-18,20-23,30,37,47H,11,14-15,19,24H2,1-9H3,(H,46,50)(H,51,52). The van der Waals surface area contributed by atoms with Gasteiger partial charge in [-0.15, -0.1) is 0 Å². The van der Waals surface area contributed by atoms with Crippen molar-refractivity contribution < 1.29 is 51.3 Å². The molecule has 1 fully saturated rings. The van der Waals surface area contributed by atoms with Crippen molar-refractivity contribution in [2.24, 2.45) is 0 Å². The molecule has 0 spiro atoms. The first-order valence-corrected chi connectivity index (χ1v) is 20.8. The molecule has 0 aliphatic heterocycles. The van der Waals surface area contributed by atoms with E-state index in [9.17, 15) is 32.7 Å². The van der Waals surface area contributed by atoms with Crippen molar-refractivity contribution in [2.45, 2.75) is 101 Å². The summed E-state index contributed by atoms with van der Waals surface area (Å²) in [4.78, 5) is 59.4. The molecule has 4 aromatic rings. The number of hydrogen-bond acceptors (Lipinski definition) is 12. The number of fused-ring (bicyclic) bond motifs is 1. The number of carboxylic acid groups (broad SMARTS) is 1. The van der Waals surface area contributed by atoms with E-state index >= 15 is 4.39 Å². The minimum Gasteiger partial charge on any atom is -0.496 e. The number of anilines is 3. The third-order valence-electron chi connectivity index (χ3n) is 9.10. The Morgan fingerprint density at radius 3 is 2.08 bits per heavy atom. The zero-order valence-electron chi connectivity index (χ0n) is 35.2. The second-order valence-electron chi connectivity index (χ2n) is 16.8. The molecule has 17 heteroatoms. The number of aliphatic carboxylic acids is 1. The molecule has 1 aliphatic carbocycles. The number of hydrogen-bond donors (Lipinski definition) is 3. The number of sulfone groups is 1. The van der Waals surface area contributed by atoms with Gasteiger partial charge in [0.15, 0.2) is 21.7 Å². The molecule has 15 nitrogen and oxygen atoms in total. The van der Waals surface area contributed by atoms with Gasteiger partial charge in [-0.3, -0.25) is 4.79 Å². The Balaban J connectivity index is 1.38. The van der Waals surface area contributed by atoms with Gasteiger partial charge in [-0.2, -0.15) is 4.90 Å². The predicted molar refractivity (Wildman–Crippen MR) is 225 cm³/mol. The summed E-state index contributed by atoms with van der Waals surface area (Å²) in [5, 5.41) is 15.7. The molecule has 0 bridgehead atoms. The number of carboxylic acids is 1. The first kappa shape index (κ1) is 45.3. The number of aryl methyl sites for hydroxylation is 1. The van der Waals surface area contributed by atoms with E-state index in [1.54, 1.807) is 71.9 Å². The molecule has 0 saturated heterocycles. The summed E-state index contributed by atoms with van der Waals surface area (Å²) in [6.07, 6.45) is 0.0616. The van der Waals surface area contributed by atoms with Crippen molar-refractivity contribution in [2.75, 3.05) is 36.7 Å². The molecule has 322 valence electrons. The van der Waals surface area contributed by atoms with E-state index in [-0.39, 0.29) is 51.2 Å². The van der Waals surface area contributed by atoms with Crippen LogP contribution < -0.4 is 20.3 Å². The third-order valence-corrected chi connectivity index (χ3v) is 11.5. The van der Waals surface area contributed by atoms with Gasteiger partial charge in [-0.1, -0.05) is 6.07 Å². The Labute approximate surface area is 349 Å². The Morgan fingerprint density at radius 2 is 1.52 bits per heavy atom. The SMILES string of the molecule is COc1ccc(C(Nc2ccc3c(N(C(=O)OC(C)(C)C)C(=O)OC(C)(C)C)ncc(F)c3c2)C(=O)O)cc1CCC(=O)Nc1ccc(S(=O)(=O)C2CC2)c(CN(C)C)c1. The average molecular weight is 850 g/mol. The van der Waals surface area contributed by atoms with Gasteiger partial charge in [0.05, 0.1) is 23.5 Å². The number of benzene rings is 3. The molecule has 60 heavy (non-hydrogen) atoms. The number of amides is 3. The van der Waals surface area contributed by atoms with Gasteiger partial charge in [0.1, 0.15) is 22.8 Å². The zero-order chi connectivity index (χ0) is 44.3. The van der Waals surface area contributed by atoms with Gasteiger partial charge in [-0.25, -0.2) is 32.2 Å². The molecule has 1 unspecified atom stereocenters. The lowest BCUT2D eigenvalue weighted by Crippen LogP contribution is -2.44. The highest BCUT2D eigenvalue weighted by Crippen LogP contribution is 2.37. The number of carbonyl (C=O) groups is 4. The molecule has 1 atom stereocenters. The Hall–Kier alpha value is -5.81. The summed E-state index contributed by atoms with van der Waals surface area (Å²) in [5.41, 5.74) is 0.0555. The molecule has 1 aliphatic rings. The number of pyridine rings is 1. The molecule has 3 aromatic carbocycles. The molecular formula is C43H52FN5O10S. The fraction of sp³-hybridized carbons (Fsp3) is 0.419. The van der Waals surface area contributed by atoms with Crippen LogP contribution >= 0.6 is 0 Å². The van der Waals surface area contributed by atoms with Crippen LogP contribution in [0.15, 0.2) is 65.7 Å². The van der Waals surface area contributed by atoms with Crippen LogP contribution in [-0.4, -0.2) is 85.1 Å². The monoisotopic (exact) mass is 849 g/mol. The first-order valence-electron chi connectivity index (χ1n) is 19.3. The van der Waals surface area contributed by atoms with Crippen LogP contribution in [0.3, 0.4) is 0 Å². The van der Waals surface area contributed by atoms with Gasteiger partial charge in [0.2, 0.25) is 5.91 Å². The number of imide groups is 1. The molecule has 1 aromatic heterocycles. The molecular weight excluding hydrogens is 798 g/mol. The van der Waals surface area contributed by atoms with Crippen LogP contribution in [0.25, 0.3) is 10.8 Å². The number of nitrogens with zero attached hydrogens (tertiary/aromatic N) is 3. The number of halogens is 1. The fourth-order valence-corrected chi connectivity index (χ4v) is 8.24. The highest BCUT2D eigenvalue weighted by molar-refractivity contribution is 7.92. The van der Waals surface area contributed by atoms with E-state index in [1.165, 1.54) is 31.4 Å². The fourth-order valence-electron chi connectivity index (χ4n) is 6.38. The van der Waals surface area contributed by atoms with Crippen molar-refractivity contribution in [1.29, 1.82) is 0 Å². The molecule has 3 N–H and O–H groups in total. The summed E-state index contributed by atoms with van der Waals surface area (Å²) in [6, 6.07) is 12.4. The Morgan fingerprint density at radius 1 is 0.883 bits per heavy atom. The highest BCUT2D eigenvalue weighted by atomic mass is 32.2. The normalized spacial score (nSPS) is 13.7. The van der Waals surface area contributed by atoms with Crippen LogP contribution in [0.1, 0.15) is 83.5 Å². The topological polar surface area (TPSA) is 194 Å². The van der Waals surface area contributed by atoms with E-state index in [0.717, 1.165) is 6.20 Å². The molecule has 0 radical (unpaired) electrons. The Bertz CT molecular complexity index is 2380. The summed E-state index contributed by atoms with van der Waals surface area (Å²) < 4.78 is 58.0. The number of rotatable bonds is 14. The predicted octanol–water partition coefficient (Wildman–Crippen LogP) is 7.87. The third kappa shape index (κ3) is 11.3. The number of ether oxygens (including phenoxy) is 3. The average Bonchev–Trinajstić information content (AvgIpc) is 3.99. The zero-order valence-corrected chi connectivity index (χ0v) is 36.0. The number of nitrogens with one attached hydrogen (secondary N) is 2. The maximum Gasteiger partial charge on any atom is 0.425 e. The lowest BCUT2D eigenvalue weighted by atomic mass is 9.99. The van der Waals surface area contributed by atoms with Gasteiger partial charge in [0.25, 0.3) is 0 Å². The van der Waals surface area contributed by atoms with Crippen LogP contribution in [0.4, 0.5) is 31.2 Å². The summed E-state index contributed by atoms with van der Waals surface area (Å²) >= 11 is 0. The molecule has 1 saturated carbocycles. The summed E-state index contributed by atoms with van der Waals surface area (Å²) in [6.45, 7) is 10.1. The molecule has 5 rings (SSSR count). The summed E-state index contributed by atoms with van der Waals surface area (Å²) in [7, 11) is 1.65. The van der Waals surface area contributed by atoms with E-state index < -0.39 is 51.1 Å². The smallest absolute Gasteiger partial charge is 0.425 e. The maximum atomic E-state index is 15.4. The number of carbonyl (C=O) groups excluding carboxylic acids is 3. The largest absolute Gasteiger partial charge is 0.496 e. The van der Waals surface area contributed by atoms with Gasteiger partial charge < -0.3 is 34.9 Å². The van der Waals surface area contributed by atoms with Crippen molar-refractivity contribution >= 4 is 61.9 Å². The number of methoxy groups -OCH3 is 1. The van der Waals surface area contributed by atoms with Crippen molar-refractivity contribution in [3.63, 3.8) is 0 Å². The highest BCUT2D eigenvalue weighted by Gasteiger charge is 2.38. The van der Waals surface area contributed by atoms with E-state index in [4.69, 9.17) is 14.2 Å². The Kier molecular flexibility index (Phi) is 13.4. The first-order chi connectivity index (χ1) is 28.0. The van der Waals surface area contributed by atoms with Crippen molar-refractivity contribution in [1.82, 2.24) is 9.88 Å². The van der Waals surface area contributed by atoms with Gasteiger partial charge >= 0.3 is 18.2 Å². The lowest BCUT2D eigenvalue weighted by Gasteiger charge is -2.28. The van der Waals surface area contributed by atoms with Gasteiger partial charge in [-0.05, 0) is 140 Å².